The fraction of sp³-hybridized carbons (Fsp3) is 1.00. The first-order valence-electron chi connectivity index (χ1n) is 26.1. The Balaban J connectivity index is 1.08. The highest BCUT2D eigenvalue weighted by molar-refractivity contribution is 5.15. The maximum Gasteiger partial charge on any atom is 0.186 e. The van der Waals surface area contributed by atoms with E-state index in [-0.39, 0.29) is 92.5 Å². The summed E-state index contributed by atoms with van der Waals surface area (Å²) in [5.41, 5.74) is -0.387. The molecule has 408 valence electrons. The van der Waals surface area contributed by atoms with Crippen molar-refractivity contribution in [2.45, 2.75) is 202 Å². The van der Waals surface area contributed by atoms with E-state index in [1.807, 2.05) is 0 Å². The molecular weight excluding hydrogens is 925 g/mol. The van der Waals surface area contributed by atoms with E-state index in [1.54, 1.807) is 0 Å². The van der Waals surface area contributed by atoms with E-state index in [0.717, 1.165) is 64.2 Å². The maximum absolute atomic E-state index is 10.7. The molecule has 70 heavy (non-hydrogen) atoms. The Labute approximate surface area is 411 Å². The van der Waals surface area contributed by atoms with E-state index >= 15 is 0 Å². The number of unbranched alkanes of at least 4 members (excludes halogenated alkanes) is 1. The van der Waals surface area contributed by atoms with Crippen molar-refractivity contribution < 1.29 is 104 Å². The van der Waals surface area contributed by atoms with Crippen LogP contribution >= 0.6 is 0 Å². The van der Waals surface area contributed by atoms with Gasteiger partial charge in [0, 0.05) is 5.41 Å². The average molecular weight is 1010 g/mol. The van der Waals surface area contributed by atoms with Gasteiger partial charge in [0.1, 0.15) is 73.2 Å². The molecule has 6 unspecified atom stereocenters. The molecule has 3 aliphatic heterocycles. The van der Waals surface area contributed by atoms with Gasteiger partial charge >= 0.3 is 0 Å². The molecule has 0 aromatic heterocycles. The number of hydrogen-bond acceptors (Lipinski definition) is 21. The highest BCUT2D eigenvalue weighted by Crippen LogP contribution is 2.69. The van der Waals surface area contributed by atoms with Gasteiger partial charge < -0.3 is 104 Å². The van der Waals surface area contributed by atoms with Crippen LogP contribution in [-0.2, 0) is 42.6 Å². The minimum Gasteiger partial charge on any atom is -0.394 e. The van der Waals surface area contributed by atoms with Crippen molar-refractivity contribution in [2.75, 3.05) is 59.5 Å². The maximum atomic E-state index is 10.7. The zero-order valence-electron chi connectivity index (χ0n) is 41.3. The standard InChI is InChI=1S/C49H86O21/c1-5-6-7-24(2)27-8-9-28-35-29(20-34(49(27,28)4)64-14-17-67-47-44(61)41(58)38(55)33(23-52)70-47)48(3)11-10-26(62-12-15-65-45-42(59)39(56)36(53)31(21-50)68-45)18-25(48)19-30(35)63-13-16-66-46-43(60)40(57)37(54)32(22-51)69-46/h24-47,50-61H,5-23H2,1-4H3/t24-,25+,26-,27-,28+,29+,30-,31?,32?,33?,34+,35+,36-,37-,38-,39?,40?,41?,42+,43+,44+,45-,46-,47-,48+,49-/m1/s1. The van der Waals surface area contributed by atoms with E-state index in [9.17, 15) is 61.3 Å². The Morgan fingerprint density at radius 2 is 1.00 bits per heavy atom. The lowest BCUT2D eigenvalue weighted by Gasteiger charge is -2.64. The van der Waals surface area contributed by atoms with Crippen molar-refractivity contribution in [3.05, 3.63) is 0 Å². The first-order chi connectivity index (χ1) is 33.4. The predicted octanol–water partition coefficient (Wildman–Crippen LogP) is -1.70. The smallest absolute Gasteiger partial charge is 0.186 e. The molecule has 7 fully saturated rings. The van der Waals surface area contributed by atoms with Crippen LogP contribution in [-0.4, -0.2) is 231 Å². The second-order valence-electron chi connectivity index (χ2n) is 21.9. The van der Waals surface area contributed by atoms with Crippen molar-refractivity contribution >= 4 is 0 Å². The van der Waals surface area contributed by atoms with Crippen molar-refractivity contribution in [3.63, 3.8) is 0 Å². The predicted molar refractivity (Wildman–Crippen MR) is 243 cm³/mol. The molecule has 0 aromatic carbocycles. The van der Waals surface area contributed by atoms with Crippen LogP contribution in [0.1, 0.15) is 91.9 Å². The second-order valence-corrected chi connectivity index (χ2v) is 21.9. The minimum absolute atomic E-state index is 0.0114. The summed E-state index contributed by atoms with van der Waals surface area (Å²) in [6.45, 7) is 8.22. The van der Waals surface area contributed by atoms with Crippen molar-refractivity contribution in [3.8, 4) is 0 Å². The molecule has 0 aromatic rings. The molecule has 21 heteroatoms. The number of aliphatic hydroxyl groups excluding tert-OH is 12. The molecule has 7 rings (SSSR count). The highest BCUT2D eigenvalue weighted by Gasteiger charge is 2.67. The van der Waals surface area contributed by atoms with E-state index < -0.39 is 112 Å². The topological polar surface area (TPSA) is 326 Å². The number of ether oxygens (including phenoxy) is 9. The number of rotatable bonds is 22. The fourth-order valence-corrected chi connectivity index (χ4v) is 14.1. The van der Waals surface area contributed by atoms with Gasteiger partial charge in [-0.2, -0.15) is 0 Å². The fourth-order valence-electron chi connectivity index (χ4n) is 14.1. The molecule has 26 atom stereocenters. The molecule has 4 saturated carbocycles. The monoisotopic (exact) mass is 1010 g/mol. The van der Waals surface area contributed by atoms with Crippen molar-refractivity contribution in [2.24, 2.45) is 46.3 Å². The Bertz CT molecular complexity index is 1580. The molecule has 0 bridgehead atoms. The van der Waals surface area contributed by atoms with Gasteiger partial charge in [-0.05, 0) is 85.9 Å². The lowest BCUT2D eigenvalue weighted by molar-refractivity contribution is -0.305. The third-order valence-electron chi connectivity index (χ3n) is 18.1. The summed E-state index contributed by atoms with van der Waals surface area (Å²) in [5.74, 6) is 1.48. The Hall–Kier alpha value is -0.840. The number of hydrogen-bond donors (Lipinski definition) is 12. The lowest BCUT2D eigenvalue weighted by atomic mass is 9.43. The van der Waals surface area contributed by atoms with Crippen LogP contribution < -0.4 is 0 Å². The Morgan fingerprint density at radius 1 is 0.529 bits per heavy atom. The van der Waals surface area contributed by atoms with Crippen molar-refractivity contribution in [1.82, 2.24) is 0 Å². The third kappa shape index (κ3) is 11.6. The normalized spacial score (nSPS) is 48.9. The van der Waals surface area contributed by atoms with Gasteiger partial charge in [0.15, 0.2) is 18.9 Å². The van der Waals surface area contributed by atoms with Crippen LogP contribution in [0, 0.1) is 46.3 Å². The molecule has 0 spiro atoms. The number of fused-ring (bicyclic) bond motifs is 5. The van der Waals surface area contributed by atoms with Crippen LogP contribution in [0.4, 0.5) is 0 Å². The molecule has 3 saturated heterocycles. The summed E-state index contributed by atoms with van der Waals surface area (Å²) in [7, 11) is 0. The second kappa shape index (κ2) is 24.9. The van der Waals surface area contributed by atoms with Gasteiger partial charge in [0.05, 0.1) is 77.8 Å². The molecule has 4 aliphatic carbocycles. The lowest BCUT2D eigenvalue weighted by Crippen LogP contribution is -2.63. The van der Waals surface area contributed by atoms with Crippen molar-refractivity contribution in [1.29, 1.82) is 0 Å². The van der Waals surface area contributed by atoms with Crippen LogP contribution in [0.2, 0.25) is 0 Å². The van der Waals surface area contributed by atoms with Crippen LogP contribution in [0.25, 0.3) is 0 Å². The summed E-state index contributed by atoms with van der Waals surface area (Å²) < 4.78 is 54.7. The highest BCUT2D eigenvalue weighted by atomic mass is 16.7. The van der Waals surface area contributed by atoms with Gasteiger partial charge in [-0.1, -0.05) is 47.0 Å². The van der Waals surface area contributed by atoms with Crippen LogP contribution in [0.15, 0.2) is 0 Å². The summed E-state index contributed by atoms with van der Waals surface area (Å²) in [5, 5.41) is 123. The molecule has 21 nitrogen and oxygen atoms in total. The quantitative estimate of drug-likeness (QED) is 0.0538. The van der Waals surface area contributed by atoms with Crippen LogP contribution in [0.3, 0.4) is 0 Å². The minimum atomic E-state index is -1.57. The first-order valence-corrected chi connectivity index (χ1v) is 26.1. The molecule has 0 radical (unpaired) electrons. The SMILES string of the molecule is CCCC[C@@H](C)[C@H]1CC[C@H]2[C@@H]3[C@H](OCCO[C@@H]4OC(CO)[C@@H](O)C(O)[C@@H]4O)C[C@@H]4C[C@H](OCCO[C@@H]5OC(CO)[C@@H](O)C(O)[C@@H]5O)CC[C@]4(C)[C@H]3C[C@H](OCCO[C@@H]3OC(CO)[C@@H](O)C(O)[C@@H]3O)[C@]12C. The first kappa shape index (κ1) is 56.9. The summed E-state index contributed by atoms with van der Waals surface area (Å²) >= 11 is 0. The number of aliphatic hydroxyl groups is 12. The molecule has 0 amide bonds. The van der Waals surface area contributed by atoms with Gasteiger partial charge in [-0.25, -0.2) is 0 Å². The van der Waals surface area contributed by atoms with Gasteiger partial charge in [0.25, 0.3) is 0 Å². The van der Waals surface area contributed by atoms with Crippen LogP contribution in [0.5, 0.6) is 0 Å². The summed E-state index contributed by atoms with van der Waals surface area (Å²) in [4.78, 5) is 0. The summed E-state index contributed by atoms with van der Waals surface area (Å²) in [6, 6.07) is 0. The average Bonchev–Trinajstić information content (AvgIpc) is 3.72. The Kier molecular flexibility index (Phi) is 20.2. The van der Waals surface area contributed by atoms with Gasteiger partial charge in [0.2, 0.25) is 0 Å². The zero-order chi connectivity index (χ0) is 50.7. The molecule has 3 heterocycles. The van der Waals surface area contributed by atoms with E-state index in [2.05, 4.69) is 27.7 Å². The van der Waals surface area contributed by atoms with E-state index in [0.29, 0.717) is 11.8 Å². The zero-order valence-corrected chi connectivity index (χ0v) is 41.3. The van der Waals surface area contributed by atoms with Gasteiger partial charge in [-0.15, -0.1) is 0 Å². The summed E-state index contributed by atoms with van der Waals surface area (Å²) in [6.07, 6.45) is -12.2. The largest absolute Gasteiger partial charge is 0.394 e. The Morgan fingerprint density at radius 3 is 1.49 bits per heavy atom. The molecular formula is C49H86O21. The third-order valence-corrected chi connectivity index (χ3v) is 18.1. The van der Waals surface area contributed by atoms with Gasteiger partial charge in [-0.3, -0.25) is 0 Å². The van der Waals surface area contributed by atoms with E-state index in [1.165, 1.54) is 0 Å². The van der Waals surface area contributed by atoms with E-state index in [4.69, 9.17) is 42.6 Å². The molecule has 12 N–H and O–H groups in total. The molecule has 7 aliphatic rings.